The summed E-state index contributed by atoms with van der Waals surface area (Å²) in [6.07, 6.45) is 6.96. The SMILES string of the molecule is Clc1ccc2occ(CCN3CC[N+](c4cccc5[nH]ccc45)(c4cccc5[nH]ccc45)CC3)c2c1. The Labute approximate surface area is 214 Å². The van der Waals surface area contributed by atoms with Gasteiger partial charge in [-0.15, -0.1) is 0 Å². The van der Waals surface area contributed by atoms with E-state index in [9.17, 15) is 0 Å². The lowest BCUT2D eigenvalue weighted by atomic mass is 10.0. The van der Waals surface area contributed by atoms with Gasteiger partial charge in [0.25, 0.3) is 0 Å². The number of piperazine rings is 1. The number of benzene rings is 3. The van der Waals surface area contributed by atoms with E-state index >= 15 is 0 Å². The number of rotatable bonds is 5. The van der Waals surface area contributed by atoms with Gasteiger partial charge >= 0.3 is 0 Å². The topological polar surface area (TPSA) is 48.0 Å². The first-order chi connectivity index (χ1) is 17.7. The molecule has 180 valence electrons. The molecular weight excluding hydrogens is 468 g/mol. The smallest absolute Gasteiger partial charge is 0.147 e. The molecule has 3 aromatic heterocycles. The van der Waals surface area contributed by atoms with Crippen LogP contribution >= 0.6 is 11.6 Å². The van der Waals surface area contributed by atoms with Crippen molar-refractivity contribution in [2.24, 2.45) is 0 Å². The third kappa shape index (κ3) is 3.46. The highest BCUT2D eigenvalue weighted by Crippen LogP contribution is 2.43. The van der Waals surface area contributed by atoms with E-state index < -0.39 is 0 Å². The minimum absolute atomic E-state index is 0.753. The second-order valence-corrected chi connectivity index (χ2v) is 10.3. The zero-order valence-electron chi connectivity index (χ0n) is 20.0. The third-order valence-electron chi connectivity index (χ3n) is 7.98. The number of nitrogens with zero attached hydrogens (tertiary/aromatic N) is 2. The molecule has 1 aliphatic rings. The Morgan fingerprint density at radius 2 is 1.47 bits per heavy atom. The molecule has 2 N–H and O–H groups in total. The molecule has 0 aliphatic carbocycles. The van der Waals surface area contributed by atoms with Crippen LogP contribution in [0, 0.1) is 0 Å². The monoisotopic (exact) mass is 495 g/mol. The average molecular weight is 496 g/mol. The molecule has 7 rings (SSSR count). The van der Waals surface area contributed by atoms with Crippen LogP contribution in [0.2, 0.25) is 5.02 Å². The highest BCUT2D eigenvalue weighted by atomic mass is 35.5. The molecular formula is C30H28ClN4O+. The molecule has 0 spiro atoms. The molecule has 1 saturated heterocycles. The van der Waals surface area contributed by atoms with Gasteiger partial charge in [0.1, 0.15) is 30.0 Å². The molecule has 4 heterocycles. The number of halogens is 1. The zero-order chi connectivity index (χ0) is 24.1. The van der Waals surface area contributed by atoms with Gasteiger partial charge in [-0.05, 0) is 54.4 Å². The second kappa shape index (κ2) is 8.56. The normalized spacial score (nSPS) is 16.4. The fourth-order valence-electron chi connectivity index (χ4n) is 6.09. The quantitative estimate of drug-likeness (QED) is 0.247. The Kier molecular flexibility index (Phi) is 5.17. The standard InChI is InChI=1S/C30H28ClN4O/c31-22-7-8-30-25(19-22)21(20-36-30)11-14-34-15-17-35(18-16-34,28-5-1-3-26-23(28)9-12-32-26)29-6-2-4-27-24(29)10-13-33-27/h1-10,12-13,19-20,32-33H,11,14-18H2/q+1. The van der Waals surface area contributed by atoms with Crippen LogP contribution in [0.25, 0.3) is 32.8 Å². The van der Waals surface area contributed by atoms with Crippen LogP contribution in [0.3, 0.4) is 0 Å². The molecule has 3 aromatic carbocycles. The maximum Gasteiger partial charge on any atom is 0.147 e. The first-order valence-corrected chi connectivity index (χ1v) is 13.0. The molecule has 0 saturated carbocycles. The Bertz CT molecular complexity index is 1610. The molecule has 0 unspecified atom stereocenters. The van der Waals surface area contributed by atoms with Crippen molar-refractivity contribution in [1.82, 2.24) is 19.4 Å². The molecule has 1 aliphatic heterocycles. The van der Waals surface area contributed by atoms with Gasteiger partial charge in [0.05, 0.1) is 28.1 Å². The van der Waals surface area contributed by atoms with Gasteiger partial charge in [0.2, 0.25) is 0 Å². The van der Waals surface area contributed by atoms with E-state index in [2.05, 4.69) is 75.8 Å². The molecule has 6 aromatic rings. The highest BCUT2D eigenvalue weighted by molar-refractivity contribution is 6.31. The van der Waals surface area contributed by atoms with Crippen molar-refractivity contribution in [3.05, 3.63) is 96.0 Å². The van der Waals surface area contributed by atoms with Crippen LogP contribution in [-0.4, -0.2) is 47.6 Å². The summed E-state index contributed by atoms with van der Waals surface area (Å²) in [7, 11) is 0. The molecule has 5 nitrogen and oxygen atoms in total. The summed E-state index contributed by atoms with van der Waals surface area (Å²) >= 11 is 6.25. The lowest BCUT2D eigenvalue weighted by Crippen LogP contribution is -2.58. The molecule has 0 atom stereocenters. The molecule has 6 heteroatoms. The van der Waals surface area contributed by atoms with E-state index in [4.69, 9.17) is 16.0 Å². The van der Waals surface area contributed by atoms with Crippen LogP contribution < -0.4 is 4.48 Å². The number of aromatic nitrogens is 2. The summed E-state index contributed by atoms with van der Waals surface area (Å²) in [6, 6.07) is 23.7. The minimum atomic E-state index is 0.753. The molecule has 0 bridgehead atoms. The second-order valence-electron chi connectivity index (χ2n) is 9.84. The summed E-state index contributed by atoms with van der Waals surface area (Å²) < 4.78 is 6.63. The van der Waals surface area contributed by atoms with Gasteiger partial charge in [-0.1, -0.05) is 23.7 Å². The zero-order valence-corrected chi connectivity index (χ0v) is 20.8. The van der Waals surface area contributed by atoms with E-state index in [0.29, 0.717) is 0 Å². The van der Waals surface area contributed by atoms with Gasteiger partial charge < -0.3 is 14.4 Å². The third-order valence-corrected chi connectivity index (χ3v) is 8.21. The van der Waals surface area contributed by atoms with E-state index in [1.54, 1.807) is 0 Å². The van der Waals surface area contributed by atoms with E-state index in [1.807, 2.05) is 24.5 Å². The van der Waals surface area contributed by atoms with E-state index in [1.165, 1.54) is 38.7 Å². The Hall–Kier alpha value is -3.51. The number of nitrogens with one attached hydrogen (secondary N) is 2. The van der Waals surface area contributed by atoms with Gasteiger partial charge in [0, 0.05) is 54.6 Å². The first-order valence-electron chi connectivity index (χ1n) is 12.6. The van der Waals surface area contributed by atoms with Crippen LogP contribution in [-0.2, 0) is 6.42 Å². The van der Waals surface area contributed by atoms with Crippen LogP contribution in [0.5, 0.6) is 0 Å². The van der Waals surface area contributed by atoms with Gasteiger partial charge in [-0.3, -0.25) is 9.38 Å². The van der Waals surface area contributed by atoms with E-state index in [0.717, 1.165) is 59.6 Å². The fourth-order valence-corrected chi connectivity index (χ4v) is 6.27. The lowest BCUT2D eigenvalue weighted by molar-refractivity contribution is 0.177. The summed E-state index contributed by atoms with van der Waals surface area (Å²) in [4.78, 5) is 9.43. The van der Waals surface area contributed by atoms with E-state index in [-0.39, 0.29) is 0 Å². The minimum Gasteiger partial charge on any atom is -0.464 e. The first kappa shape index (κ1) is 21.7. The highest BCUT2D eigenvalue weighted by Gasteiger charge is 2.40. The Morgan fingerprint density at radius 3 is 2.14 bits per heavy atom. The maximum atomic E-state index is 6.25. The van der Waals surface area contributed by atoms with Crippen molar-refractivity contribution >= 4 is 55.8 Å². The largest absolute Gasteiger partial charge is 0.464 e. The van der Waals surface area contributed by atoms with Gasteiger partial charge in [-0.2, -0.15) is 0 Å². The predicted octanol–water partition coefficient (Wildman–Crippen LogP) is 7.25. The van der Waals surface area contributed by atoms with Gasteiger partial charge in [-0.25, -0.2) is 0 Å². The fraction of sp³-hybridized carbons (Fsp3) is 0.200. The average Bonchev–Trinajstić information content (AvgIpc) is 3.67. The summed E-state index contributed by atoms with van der Waals surface area (Å²) in [5, 5.41) is 4.49. The number of aromatic amines is 2. The maximum absolute atomic E-state index is 6.25. The van der Waals surface area contributed by atoms with Crippen molar-refractivity contribution in [3.8, 4) is 0 Å². The van der Waals surface area contributed by atoms with Crippen molar-refractivity contribution < 1.29 is 4.42 Å². The number of hydrogen-bond acceptors (Lipinski definition) is 2. The molecule has 36 heavy (non-hydrogen) atoms. The van der Waals surface area contributed by atoms with Crippen molar-refractivity contribution in [2.75, 3.05) is 32.7 Å². The van der Waals surface area contributed by atoms with Crippen LogP contribution in [0.1, 0.15) is 5.56 Å². The predicted molar refractivity (Wildman–Crippen MR) is 149 cm³/mol. The molecule has 0 radical (unpaired) electrons. The number of fused-ring (bicyclic) bond motifs is 3. The molecule has 0 amide bonds. The summed E-state index contributed by atoms with van der Waals surface area (Å²) in [5.41, 5.74) is 7.27. The number of furan rings is 1. The number of quaternary nitrogens is 1. The lowest BCUT2D eigenvalue weighted by Gasteiger charge is -2.44. The van der Waals surface area contributed by atoms with Crippen molar-refractivity contribution in [1.29, 1.82) is 0 Å². The van der Waals surface area contributed by atoms with Crippen LogP contribution in [0.15, 0.2) is 89.8 Å². The van der Waals surface area contributed by atoms with Gasteiger partial charge in [0.15, 0.2) is 0 Å². The summed E-state index contributed by atoms with van der Waals surface area (Å²) in [6.45, 7) is 5.10. The Morgan fingerprint density at radius 1 is 0.806 bits per heavy atom. The number of hydrogen-bond donors (Lipinski definition) is 2. The number of H-pyrrole nitrogens is 2. The van der Waals surface area contributed by atoms with Crippen molar-refractivity contribution in [3.63, 3.8) is 0 Å². The van der Waals surface area contributed by atoms with Crippen molar-refractivity contribution in [2.45, 2.75) is 6.42 Å². The summed E-state index contributed by atoms with van der Waals surface area (Å²) in [5.74, 6) is 0. The van der Waals surface area contributed by atoms with Crippen LogP contribution in [0.4, 0.5) is 11.4 Å². The molecule has 1 fully saturated rings. The Balaban J connectivity index is 1.21.